The summed E-state index contributed by atoms with van der Waals surface area (Å²) in [5.41, 5.74) is 1.15. The Hall–Kier alpha value is -2.22. The minimum Gasteiger partial charge on any atom is -0.366 e. The highest BCUT2D eigenvalue weighted by molar-refractivity contribution is 5.83. The SMILES string of the molecule is CCc1nc([C@@H]2CN(C(=O)[C@@H]3C[C@H]3c3cnn(C)c3)CCO2)n[nH]1. The number of hydrogen-bond acceptors (Lipinski definition) is 5. The van der Waals surface area contributed by atoms with Crippen molar-refractivity contribution in [3.8, 4) is 0 Å². The van der Waals surface area contributed by atoms with Gasteiger partial charge in [0.15, 0.2) is 5.82 Å². The Morgan fingerprint density at radius 2 is 2.38 bits per heavy atom. The van der Waals surface area contributed by atoms with Gasteiger partial charge in [0.25, 0.3) is 0 Å². The summed E-state index contributed by atoms with van der Waals surface area (Å²) in [7, 11) is 1.90. The number of H-pyrrole nitrogens is 1. The first-order chi connectivity index (χ1) is 11.7. The van der Waals surface area contributed by atoms with Gasteiger partial charge in [0, 0.05) is 32.1 Å². The minimum atomic E-state index is -0.241. The highest BCUT2D eigenvalue weighted by atomic mass is 16.5. The van der Waals surface area contributed by atoms with Crippen LogP contribution < -0.4 is 0 Å². The zero-order valence-corrected chi connectivity index (χ0v) is 14.0. The van der Waals surface area contributed by atoms with E-state index in [0.29, 0.717) is 31.4 Å². The van der Waals surface area contributed by atoms with Crippen molar-refractivity contribution in [1.82, 2.24) is 29.9 Å². The molecule has 24 heavy (non-hydrogen) atoms. The van der Waals surface area contributed by atoms with Gasteiger partial charge in [-0.2, -0.15) is 10.2 Å². The number of carbonyl (C=O) groups is 1. The first-order valence-electron chi connectivity index (χ1n) is 8.45. The summed E-state index contributed by atoms with van der Waals surface area (Å²) in [4.78, 5) is 19.1. The van der Waals surface area contributed by atoms with Crippen LogP contribution in [0, 0.1) is 5.92 Å². The molecule has 1 aliphatic heterocycles. The fourth-order valence-corrected chi connectivity index (χ4v) is 3.32. The van der Waals surface area contributed by atoms with Crippen LogP contribution in [0.1, 0.15) is 42.6 Å². The Kier molecular flexibility index (Phi) is 3.84. The van der Waals surface area contributed by atoms with Crippen LogP contribution in [-0.4, -0.2) is 55.5 Å². The van der Waals surface area contributed by atoms with E-state index in [0.717, 1.165) is 24.2 Å². The van der Waals surface area contributed by atoms with Gasteiger partial charge in [-0.3, -0.25) is 14.6 Å². The number of nitrogens with zero attached hydrogens (tertiary/aromatic N) is 5. The summed E-state index contributed by atoms with van der Waals surface area (Å²) in [5, 5.41) is 11.3. The third kappa shape index (κ3) is 2.82. The van der Waals surface area contributed by atoms with Crippen LogP contribution in [0.25, 0.3) is 0 Å². The molecule has 3 atom stereocenters. The molecule has 8 heteroatoms. The van der Waals surface area contributed by atoms with Crippen LogP contribution in [0.2, 0.25) is 0 Å². The topological polar surface area (TPSA) is 88.9 Å². The Morgan fingerprint density at radius 1 is 1.50 bits per heavy atom. The Balaban J connectivity index is 1.40. The summed E-state index contributed by atoms with van der Waals surface area (Å²) >= 11 is 0. The van der Waals surface area contributed by atoms with Gasteiger partial charge in [0.05, 0.1) is 19.3 Å². The number of aromatic nitrogens is 5. The third-order valence-corrected chi connectivity index (χ3v) is 4.81. The first kappa shape index (κ1) is 15.3. The van der Waals surface area contributed by atoms with Crippen molar-refractivity contribution in [2.24, 2.45) is 13.0 Å². The van der Waals surface area contributed by atoms with E-state index in [-0.39, 0.29) is 17.9 Å². The van der Waals surface area contributed by atoms with Crippen LogP contribution in [0.15, 0.2) is 12.4 Å². The molecule has 2 aromatic heterocycles. The van der Waals surface area contributed by atoms with Crippen molar-refractivity contribution in [2.75, 3.05) is 19.7 Å². The van der Waals surface area contributed by atoms with Gasteiger partial charge in [0.2, 0.25) is 5.91 Å². The molecule has 2 fully saturated rings. The monoisotopic (exact) mass is 330 g/mol. The van der Waals surface area contributed by atoms with Crippen LogP contribution in [0.5, 0.6) is 0 Å². The smallest absolute Gasteiger partial charge is 0.226 e. The number of amides is 1. The third-order valence-electron chi connectivity index (χ3n) is 4.81. The molecule has 0 bridgehead atoms. The summed E-state index contributed by atoms with van der Waals surface area (Å²) in [6.07, 6.45) is 5.33. The Morgan fingerprint density at radius 3 is 3.08 bits per heavy atom. The molecule has 0 unspecified atom stereocenters. The van der Waals surface area contributed by atoms with Crippen LogP contribution in [0.4, 0.5) is 0 Å². The molecule has 4 rings (SSSR count). The van der Waals surface area contributed by atoms with Crippen molar-refractivity contribution < 1.29 is 9.53 Å². The summed E-state index contributed by atoms with van der Waals surface area (Å²) in [6, 6.07) is 0. The number of morpholine rings is 1. The Labute approximate surface area is 140 Å². The van der Waals surface area contributed by atoms with E-state index >= 15 is 0 Å². The van der Waals surface area contributed by atoms with E-state index in [1.165, 1.54) is 0 Å². The number of rotatable bonds is 4. The number of carbonyl (C=O) groups excluding carboxylic acids is 1. The number of aromatic amines is 1. The zero-order chi connectivity index (χ0) is 16.7. The fourth-order valence-electron chi connectivity index (χ4n) is 3.32. The molecule has 128 valence electrons. The number of hydrogen-bond donors (Lipinski definition) is 1. The van der Waals surface area contributed by atoms with Crippen LogP contribution >= 0.6 is 0 Å². The van der Waals surface area contributed by atoms with Crippen molar-refractivity contribution >= 4 is 5.91 Å². The highest BCUT2D eigenvalue weighted by Gasteiger charge is 2.47. The molecule has 1 amide bonds. The summed E-state index contributed by atoms with van der Waals surface area (Å²) in [5.74, 6) is 2.08. The van der Waals surface area contributed by atoms with Crippen LogP contribution in [-0.2, 0) is 23.0 Å². The average Bonchev–Trinajstić information content (AvgIpc) is 3.04. The van der Waals surface area contributed by atoms with E-state index < -0.39 is 0 Å². The van der Waals surface area contributed by atoms with Gasteiger partial charge in [-0.25, -0.2) is 4.98 Å². The lowest BCUT2D eigenvalue weighted by molar-refractivity contribution is -0.140. The standard InChI is InChI=1S/C16H22N6O2/c1-3-14-18-15(20-19-14)13-9-22(4-5-24-13)16(23)12-6-11(12)10-7-17-21(2)8-10/h7-8,11-13H,3-6,9H2,1-2H3,(H,18,19,20)/t11-,12+,13-/m0/s1. The minimum absolute atomic E-state index is 0.0753. The van der Waals surface area contributed by atoms with E-state index in [2.05, 4.69) is 20.3 Å². The lowest BCUT2D eigenvalue weighted by Crippen LogP contribution is -2.43. The molecule has 1 saturated carbocycles. The lowest BCUT2D eigenvalue weighted by atomic mass is 10.1. The predicted octanol–water partition coefficient (Wildman–Crippen LogP) is 0.804. The quantitative estimate of drug-likeness (QED) is 0.896. The van der Waals surface area contributed by atoms with Crippen molar-refractivity contribution in [1.29, 1.82) is 0 Å². The number of aryl methyl sites for hydroxylation is 2. The maximum Gasteiger partial charge on any atom is 0.226 e. The molecule has 0 spiro atoms. The second kappa shape index (κ2) is 6.01. The average molecular weight is 330 g/mol. The highest BCUT2D eigenvalue weighted by Crippen LogP contribution is 2.48. The molecule has 0 aromatic carbocycles. The van der Waals surface area contributed by atoms with Gasteiger partial charge in [-0.1, -0.05) is 6.92 Å². The van der Waals surface area contributed by atoms with Gasteiger partial charge in [-0.05, 0) is 17.9 Å². The van der Waals surface area contributed by atoms with Crippen LogP contribution in [0.3, 0.4) is 0 Å². The van der Waals surface area contributed by atoms with Gasteiger partial charge in [0.1, 0.15) is 11.9 Å². The Bertz CT molecular complexity index is 739. The first-order valence-corrected chi connectivity index (χ1v) is 8.45. The lowest BCUT2D eigenvalue weighted by Gasteiger charge is -2.31. The molecular weight excluding hydrogens is 308 g/mol. The van der Waals surface area contributed by atoms with Crippen molar-refractivity contribution in [2.45, 2.75) is 31.8 Å². The van der Waals surface area contributed by atoms with Gasteiger partial charge in [-0.15, -0.1) is 0 Å². The molecular formula is C16H22N6O2. The summed E-state index contributed by atoms with van der Waals surface area (Å²) in [6.45, 7) is 3.71. The summed E-state index contributed by atoms with van der Waals surface area (Å²) < 4.78 is 7.55. The maximum absolute atomic E-state index is 12.8. The maximum atomic E-state index is 12.8. The normalized spacial score (nSPS) is 26.6. The molecule has 0 radical (unpaired) electrons. The largest absolute Gasteiger partial charge is 0.366 e. The predicted molar refractivity (Wildman–Crippen MR) is 85.1 cm³/mol. The van der Waals surface area contributed by atoms with E-state index in [1.54, 1.807) is 4.68 Å². The molecule has 2 aromatic rings. The molecule has 1 aliphatic carbocycles. The zero-order valence-electron chi connectivity index (χ0n) is 14.0. The van der Waals surface area contributed by atoms with Crippen molar-refractivity contribution in [3.05, 3.63) is 29.6 Å². The molecule has 2 aliphatic rings. The van der Waals surface area contributed by atoms with Gasteiger partial charge >= 0.3 is 0 Å². The number of ether oxygens (including phenoxy) is 1. The van der Waals surface area contributed by atoms with Gasteiger partial charge < -0.3 is 9.64 Å². The van der Waals surface area contributed by atoms with E-state index in [9.17, 15) is 4.79 Å². The second-order valence-corrected chi connectivity index (χ2v) is 6.53. The van der Waals surface area contributed by atoms with Crippen molar-refractivity contribution in [3.63, 3.8) is 0 Å². The number of nitrogens with one attached hydrogen (secondary N) is 1. The molecule has 1 N–H and O–H groups in total. The van der Waals surface area contributed by atoms with E-state index in [1.807, 2.05) is 31.3 Å². The molecule has 8 nitrogen and oxygen atoms in total. The second-order valence-electron chi connectivity index (χ2n) is 6.53. The molecule has 1 saturated heterocycles. The fraction of sp³-hybridized carbons (Fsp3) is 0.625. The molecule has 3 heterocycles. The van der Waals surface area contributed by atoms with E-state index in [4.69, 9.17) is 4.74 Å².